The van der Waals surface area contributed by atoms with Crippen LogP contribution in [-0.2, 0) is 6.54 Å². The molecule has 0 radical (unpaired) electrons. The minimum Gasteiger partial charge on any atom is -0.346 e. The molecule has 102 valence electrons. The second-order valence-corrected chi connectivity index (χ2v) is 5.72. The van der Waals surface area contributed by atoms with Crippen molar-refractivity contribution in [3.8, 4) is 0 Å². The Morgan fingerprint density at radius 2 is 2.20 bits per heavy atom. The van der Waals surface area contributed by atoms with Crippen molar-refractivity contribution < 1.29 is 4.79 Å². The van der Waals surface area contributed by atoms with Gasteiger partial charge in [-0.1, -0.05) is 12.1 Å². The van der Waals surface area contributed by atoms with Crippen LogP contribution in [-0.4, -0.2) is 15.3 Å². The Bertz CT molecular complexity index is 759. The molecule has 0 fully saturated rings. The number of hydrogen-bond acceptors (Lipinski definition) is 3. The lowest BCUT2D eigenvalue weighted by atomic mass is 10.3. The van der Waals surface area contributed by atoms with Crippen LogP contribution >= 0.6 is 11.3 Å². The van der Waals surface area contributed by atoms with Crippen LogP contribution in [0.5, 0.6) is 0 Å². The molecule has 0 saturated heterocycles. The maximum Gasteiger partial charge on any atom is 0.270 e. The largest absolute Gasteiger partial charge is 0.346 e. The van der Waals surface area contributed by atoms with Gasteiger partial charge in [0.2, 0.25) is 0 Å². The summed E-state index contributed by atoms with van der Waals surface area (Å²) in [5, 5.41) is 4.95. The molecule has 0 aliphatic rings. The van der Waals surface area contributed by atoms with E-state index in [2.05, 4.69) is 10.3 Å². The molecule has 0 atom stereocenters. The summed E-state index contributed by atoms with van der Waals surface area (Å²) in [6, 6.07) is 7.92. The van der Waals surface area contributed by atoms with Crippen molar-refractivity contribution in [1.82, 2.24) is 14.7 Å². The summed E-state index contributed by atoms with van der Waals surface area (Å²) in [4.78, 5) is 18.0. The van der Waals surface area contributed by atoms with Gasteiger partial charge in [-0.3, -0.25) is 9.20 Å². The molecule has 3 rings (SSSR count). The van der Waals surface area contributed by atoms with Gasteiger partial charge in [0.05, 0.1) is 12.2 Å². The topological polar surface area (TPSA) is 46.4 Å². The zero-order chi connectivity index (χ0) is 14.1. The molecule has 3 aromatic heterocycles. The van der Waals surface area contributed by atoms with Gasteiger partial charge in [0, 0.05) is 11.1 Å². The number of carbonyl (C=O) groups excluding carboxylic acids is 1. The number of nitrogens with zero attached hydrogens (tertiary/aromatic N) is 2. The molecule has 20 heavy (non-hydrogen) atoms. The number of fused-ring (bicyclic) bond motifs is 1. The lowest BCUT2D eigenvalue weighted by molar-refractivity contribution is 0.0945. The molecule has 5 heteroatoms. The third-order valence-corrected chi connectivity index (χ3v) is 4.11. The van der Waals surface area contributed by atoms with Crippen molar-refractivity contribution >= 4 is 22.9 Å². The van der Waals surface area contributed by atoms with E-state index in [9.17, 15) is 4.79 Å². The summed E-state index contributed by atoms with van der Waals surface area (Å²) in [5.41, 5.74) is 3.27. The Morgan fingerprint density at radius 3 is 2.95 bits per heavy atom. The molecule has 1 N–H and O–H groups in total. The van der Waals surface area contributed by atoms with Crippen molar-refractivity contribution in [3.63, 3.8) is 0 Å². The summed E-state index contributed by atoms with van der Waals surface area (Å²) >= 11 is 1.64. The smallest absolute Gasteiger partial charge is 0.270 e. The molecular formula is C15H15N3OS. The van der Waals surface area contributed by atoms with Gasteiger partial charge in [0.25, 0.3) is 5.91 Å². The van der Waals surface area contributed by atoms with Gasteiger partial charge in [-0.2, -0.15) is 0 Å². The van der Waals surface area contributed by atoms with E-state index < -0.39 is 0 Å². The van der Waals surface area contributed by atoms with Gasteiger partial charge in [0.1, 0.15) is 11.3 Å². The molecule has 0 spiro atoms. The fraction of sp³-hybridized carbons (Fsp3) is 0.200. The molecule has 3 heterocycles. The SMILES string of the molecule is Cc1nc2c(C)cccn2c1C(=O)NCc1cccs1. The third kappa shape index (κ3) is 2.20. The van der Waals surface area contributed by atoms with Crippen LogP contribution in [0.3, 0.4) is 0 Å². The number of rotatable bonds is 3. The third-order valence-electron chi connectivity index (χ3n) is 3.24. The molecule has 1 amide bonds. The van der Waals surface area contributed by atoms with Gasteiger partial charge in [-0.25, -0.2) is 4.98 Å². The first kappa shape index (κ1) is 12.9. The van der Waals surface area contributed by atoms with Gasteiger partial charge >= 0.3 is 0 Å². The van der Waals surface area contributed by atoms with Crippen LogP contribution in [0.1, 0.15) is 26.6 Å². The van der Waals surface area contributed by atoms with E-state index in [-0.39, 0.29) is 5.91 Å². The highest BCUT2D eigenvalue weighted by Gasteiger charge is 2.17. The zero-order valence-corrected chi connectivity index (χ0v) is 12.2. The van der Waals surface area contributed by atoms with E-state index in [1.807, 2.05) is 54.1 Å². The van der Waals surface area contributed by atoms with Crippen LogP contribution in [0.4, 0.5) is 0 Å². The van der Waals surface area contributed by atoms with Gasteiger partial charge in [-0.05, 0) is 36.9 Å². The maximum absolute atomic E-state index is 12.4. The second-order valence-electron chi connectivity index (χ2n) is 4.69. The van der Waals surface area contributed by atoms with Crippen molar-refractivity contribution in [2.45, 2.75) is 20.4 Å². The van der Waals surface area contributed by atoms with E-state index in [0.29, 0.717) is 12.2 Å². The average Bonchev–Trinajstić information content (AvgIpc) is 3.04. The molecule has 0 unspecified atom stereocenters. The first-order chi connectivity index (χ1) is 9.66. The van der Waals surface area contributed by atoms with Crippen molar-refractivity contribution in [1.29, 1.82) is 0 Å². The molecule has 0 aromatic carbocycles. The summed E-state index contributed by atoms with van der Waals surface area (Å²) in [6.07, 6.45) is 1.88. The second kappa shape index (κ2) is 5.09. The van der Waals surface area contributed by atoms with E-state index >= 15 is 0 Å². The fourth-order valence-electron chi connectivity index (χ4n) is 2.26. The number of aryl methyl sites for hydroxylation is 2. The van der Waals surface area contributed by atoms with E-state index in [1.165, 1.54) is 0 Å². The maximum atomic E-state index is 12.4. The normalized spacial score (nSPS) is 10.9. The Balaban J connectivity index is 1.91. The highest BCUT2D eigenvalue weighted by Crippen LogP contribution is 2.15. The number of pyridine rings is 1. The van der Waals surface area contributed by atoms with Crippen LogP contribution in [0.2, 0.25) is 0 Å². The molecule has 0 saturated carbocycles. The van der Waals surface area contributed by atoms with Gasteiger partial charge < -0.3 is 5.32 Å². The Hall–Kier alpha value is -2.14. The summed E-state index contributed by atoms with van der Waals surface area (Å²) in [5.74, 6) is -0.0889. The number of imidazole rings is 1. The Morgan fingerprint density at radius 1 is 1.35 bits per heavy atom. The standard InChI is InChI=1S/C15H15N3OS/c1-10-5-3-7-18-13(11(2)17-14(10)18)15(19)16-9-12-6-4-8-20-12/h3-8H,9H2,1-2H3,(H,16,19). The summed E-state index contributed by atoms with van der Waals surface area (Å²) in [7, 11) is 0. The minimum absolute atomic E-state index is 0.0889. The van der Waals surface area contributed by atoms with Crippen LogP contribution in [0.25, 0.3) is 5.65 Å². The van der Waals surface area contributed by atoms with Gasteiger partial charge in [-0.15, -0.1) is 11.3 Å². The predicted octanol–water partition coefficient (Wildman–Crippen LogP) is 2.94. The number of nitrogens with one attached hydrogen (secondary N) is 1. The Labute approximate surface area is 121 Å². The van der Waals surface area contributed by atoms with E-state index in [4.69, 9.17) is 0 Å². The Kier molecular flexibility index (Phi) is 3.28. The number of carbonyl (C=O) groups is 1. The average molecular weight is 285 g/mol. The van der Waals surface area contributed by atoms with E-state index in [1.54, 1.807) is 11.3 Å². The lowest BCUT2D eigenvalue weighted by Gasteiger charge is -2.05. The molecule has 0 bridgehead atoms. The lowest BCUT2D eigenvalue weighted by Crippen LogP contribution is -2.24. The quantitative estimate of drug-likeness (QED) is 0.804. The fourth-order valence-corrected chi connectivity index (χ4v) is 2.90. The van der Waals surface area contributed by atoms with Crippen LogP contribution in [0, 0.1) is 13.8 Å². The number of thiophene rings is 1. The number of hydrogen-bond donors (Lipinski definition) is 1. The molecule has 3 aromatic rings. The monoisotopic (exact) mass is 285 g/mol. The molecule has 4 nitrogen and oxygen atoms in total. The minimum atomic E-state index is -0.0889. The molecule has 0 aliphatic heterocycles. The molecular weight excluding hydrogens is 270 g/mol. The predicted molar refractivity (Wildman–Crippen MR) is 80.2 cm³/mol. The first-order valence-corrected chi connectivity index (χ1v) is 7.29. The summed E-state index contributed by atoms with van der Waals surface area (Å²) < 4.78 is 1.86. The van der Waals surface area contributed by atoms with Crippen molar-refractivity contribution in [2.75, 3.05) is 0 Å². The molecule has 0 aliphatic carbocycles. The highest BCUT2D eigenvalue weighted by molar-refractivity contribution is 7.09. The zero-order valence-electron chi connectivity index (χ0n) is 11.4. The first-order valence-electron chi connectivity index (χ1n) is 6.41. The van der Waals surface area contributed by atoms with E-state index in [0.717, 1.165) is 21.8 Å². The summed E-state index contributed by atoms with van der Waals surface area (Å²) in [6.45, 7) is 4.41. The number of amides is 1. The van der Waals surface area contributed by atoms with Gasteiger partial charge in [0.15, 0.2) is 0 Å². The van der Waals surface area contributed by atoms with Crippen molar-refractivity contribution in [3.05, 3.63) is 57.7 Å². The van der Waals surface area contributed by atoms with Crippen molar-refractivity contribution in [2.24, 2.45) is 0 Å². The van der Waals surface area contributed by atoms with Crippen LogP contribution in [0.15, 0.2) is 35.8 Å². The highest BCUT2D eigenvalue weighted by atomic mass is 32.1. The van der Waals surface area contributed by atoms with Crippen LogP contribution < -0.4 is 5.32 Å². The number of aromatic nitrogens is 2.